The van der Waals surface area contributed by atoms with E-state index in [1.54, 1.807) is 30.3 Å². The van der Waals surface area contributed by atoms with Gasteiger partial charge in [0.2, 0.25) is 11.5 Å². The lowest BCUT2D eigenvalue weighted by Crippen LogP contribution is -2.26. The first-order chi connectivity index (χ1) is 17.8. The Hall–Kier alpha value is -4.07. The van der Waals surface area contributed by atoms with Crippen molar-refractivity contribution < 1.29 is 38.7 Å². The molecule has 3 aromatic carbocycles. The van der Waals surface area contributed by atoms with Crippen LogP contribution in [-0.2, 0) is 11.2 Å². The molecule has 3 aromatic rings. The standard InChI is InChI=1S/C29H32O8/c1-15-12-18-13-20(30)25(33-3)27(35-5)22(18)23-19(14-21(31)26(34-4)28(23)36-6)24(16(15)2)37-29(32)17-10-8-7-9-11-17/h7-11,13-16,24,30-31H,12H2,1-6H3. The van der Waals surface area contributed by atoms with Crippen LogP contribution >= 0.6 is 0 Å². The summed E-state index contributed by atoms with van der Waals surface area (Å²) in [5, 5.41) is 21.7. The molecule has 0 saturated heterocycles. The minimum Gasteiger partial charge on any atom is -0.504 e. The minimum atomic E-state index is -0.749. The monoisotopic (exact) mass is 508 g/mol. The Morgan fingerprint density at radius 2 is 1.32 bits per heavy atom. The van der Waals surface area contributed by atoms with E-state index in [0.717, 1.165) is 5.56 Å². The van der Waals surface area contributed by atoms with Crippen LogP contribution in [0, 0.1) is 11.8 Å². The van der Waals surface area contributed by atoms with Crippen molar-refractivity contribution in [3.05, 3.63) is 59.2 Å². The van der Waals surface area contributed by atoms with Gasteiger partial charge in [0.1, 0.15) is 6.10 Å². The third-order valence-electron chi connectivity index (χ3n) is 7.08. The number of methoxy groups -OCH3 is 4. The van der Waals surface area contributed by atoms with Crippen molar-refractivity contribution >= 4 is 5.97 Å². The Morgan fingerprint density at radius 3 is 1.89 bits per heavy atom. The molecular formula is C29H32O8. The van der Waals surface area contributed by atoms with Crippen molar-refractivity contribution in [1.82, 2.24) is 0 Å². The van der Waals surface area contributed by atoms with Crippen LogP contribution in [0.1, 0.15) is 41.4 Å². The van der Waals surface area contributed by atoms with E-state index in [9.17, 15) is 15.0 Å². The smallest absolute Gasteiger partial charge is 0.338 e. The molecule has 0 bridgehead atoms. The molecular weight excluding hydrogens is 476 g/mol. The van der Waals surface area contributed by atoms with Crippen molar-refractivity contribution in [2.75, 3.05) is 28.4 Å². The van der Waals surface area contributed by atoms with Crippen molar-refractivity contribution in [3.8, 4) is 45.6 Å². The lowest BCUT2D eigenvalue weighted by molar-refractivity contribution is 0.00697. The number of esters is 1. The van der Waals surface area contributed by atoms with E-state index in [1.807, 2.05) is 13.0 Å². The van der Waals surface area contributed by atoms with Crippen LogP contribution in [0.3, 0.4) is 0 Å². The highest BCUT2D eigenvalue weighted by Crippen LogP contribution is 2.57. The summed E-state index contributed by atoms with van der Waals surface area (Å²) in [4.78, 5) is 13.2. The van der Waals surface area contributed by atoms with E-state index in [2.05, 4.69) is 6.92 Å². The Morgan fingerprint density at radius 1 is 0.784 bits per heavy atom. The molecule has 0 spiro atoms. The molecule has 3 atom stereocenters. The molecule has 8 heteroatoms. The van der Waals surface area contributed by atoms with Crippen molar-refractivity contribution in [2.24, 2.45) is 11.8 Å². The molecule has 2 N–H and O–H groups in total. The summed E-state index contributed by atoms with van der Waals surface area (Å²) in [6.45, 7) is 4.05. The average Bonchev–Trinajstić information content (AvgIpc) is 2.90. The third kappa shape index (κ3) is 4.48. The van der Waals surface area contributed by atoms with Gasteiger partial charge in [-0.25, -0.2) is 4.79 Å². The molecule has 0 radical (unpaired) electrons. The fraction of sp³-hybridized carbons (Fsp3) is 0.345. The van der Waals surface area contributed by atoms with Gasteiger partial charge < -0.3 is 33.9 Å². The Bertz CT molecular complexity index is 1300. The van der Waals surface area contributed by atoms with Crippen molar-refractivity contribution in [3.63, 3.8) is 0 Å². The van der Waals surface area contributed by atoms with E-state index >= 15 is 0 Å². The van der Waals surface area contributed by atoms with Crippen molar-refractivity contribution in [1.29, 1.82) is 0 Å². The quantitative estimate of drug-likeness (QED) is 0.419. The molecule has 0 saturated carbocycles. The van der Waals surface area contributed by atoms with Gasteiger partial charge in [-0.3, -0.25) is 0 Å². The molecule has 37 heavy (non-hydrogen) atoms. The molecule has 4 rings (SSSR count). The first-order valence-corrected chi connectivity index (χ1v) is 12.0. The number of phenols is 2. The topological polar surface area (TPSA) is 104 Å². The van der Waals surface area contributed by atoms with Gasteiger partial charge in [-0.05, 0) is 42.2 Å². The molecule has 0 aliphatic heterocycles. The molecule has 3 unspecified atom stereocenters. The fourth-order valence-corrected chi connectivity index (χ4v) is 5.07. The second-order valence-electron chi connectivity index (χ2n) is 9.16. The largest absolute Gasteiger partial charge is 0.504 e. The molecule has 0 aromatic heterocycles. The second-order valence-corrected chi connectivity index (χ2v) is 9.16. The predicted molar refractivity (Wildman–Crippen MR) is 138 cm³/mol. The van der Waals surface area contributed by atoms with Crippen LogP contribution in [0.2, 0.25) is 0 Å². The summed E-state index contributed by atoms with van der Waals surface area (Å²) in [5.41, 5.74) is 2.84. The number of aromatic hydroxyl groups is 2. The predicted octanol–water partition coefficient (Wildman–Crippen LogP) is 5.53. The molecule has 0 fully saturated rings. The number of fused-ring (bicyclic) bond motifs is 3. The number of phenolic OH excluding ortho intramolecular Hbond substituents is 2. The number of carbonyl (C=O) groups is 1. The van der Waals surface area contributed by atoms with E-state index in [4.69, 9.17) is 23.7 Å². The van der Waals surface area contributed by atoms with Crippen LogP contribution in [-0.4, -0.2) is 44.6 Å². The number of hydrogen-bond donors (Lipinski definition) is 2. The maximum atomic E-state index is 13.2. The fourth-order valence-electron chi connectivity index (χ4n) is 5.07. The third-order valence-corrected chi connectivity index (χ3v) is 7.08. The van der Waals surface area contributed by atoms with Crippen LogP contribution < -0.4 is 18.9 Å². The summed E-state index contributed by atoms with van der Waals surface area (Å²) in [7, 11) is 5.83. The van der Waals surface area contributed by atoms with Gasteiger partial charge in [0.25, 0.3) is 0 Å². The molecule has 1 aliphatic carbocycles. The van der Waals surface area contributed by atoms with Crippen LogP contribution in [0.5, 0.6) is 34.5 Å². The number of benzene rings is 3. The summed E-state index contributed by atoms with van der Waals surface area (Å²) >= 11 is 0. The van der Waals surface area contributed by atoms with Gasteiger partial charge in [0.15, 0.2) is 23.0 Å². The lowest BCUT2D eigenvalue weighted by atomic mass is 9.75. The molecule has 196 valence electrons. The van der Waals surface area contributed by atoms with Crippen LogP contribution in [0.15, 0.2) is 42.5 Å². The van der Waals surface area contributed by atoms with Gasteiger partial charge in [0, 0.05) is 22.6 Å². The second kappa shape index (κ2) is 10.5. The van der Waals surface area contributed by atoms with Crippen LogP contribution in [0.4, 0.5) is 0 Å². The molecule has 8 nitrogen and oxygen atoms in total. The van der Waals surface area contributed by atoms with Gasteiger partial charge in [-0.1, -0.05) is 32.0 Å². The van der Waals surface area contributed by atoms with E-state index in [-0.39, 0.29) is 40.6 Å². The maximum Gasteiger partial charge on any atom is 0.338 e. The SMILES string of the molecule is COc1c(O)cc2c(c1OC)-c1c(cc(O)c(OC)c1OC)C(OC(=O)c1ccccc1)C(C)C(C)C2. The normalized spacial score (nSPS) is 18.5. The maximum absolute atomic E-state index is 13.2. The number of carbonyl (C=O) groups excluding carboxylic acids is 1. The number of ether oxygens (including phenoxy) is 5. The highest BCUT2D eigenvalue weighted by atomic mass is 16.5. The molecule has 0 heterocycles. The average molecular weight is 509 g/mol. The Balaban J connectivity index is 2.08. The summed E-state index contributed by atoms with van der Waals surface area (Å²) in [6, 6.07) is 11.9. The lowest BCUT2D eigenvalue weighted by Gasteiger charge is -2.35. The summed E-state index contributed by atoms with van der Waals surface area (Å²) < 4.78 is 28.7. The van der Waals surface area contributed by atoms with Gasteiger partial charge in [-0.2, -0.15) is 0 Å². The van der Waals surface area contributed by atoms with Crippen molar-refractivity contribution in [2.45, 2.75) is 26.4 Å². The highest BCUT2D eigenvalue weighted by Gasteiger charge is 2.39. The first kappa shape index (κ1) is 26.0. The number of hydrogen-bond acceptors (Lipinski definition) is 8. The first-order valence-electron chi connectivity index (χ1n) is 12.0. The minimum absolute atomic E-state index is 0.00761. The molecule has 0 amide bonds. The van der Waals surface area contributed by atoms with Crippen LogP contribution in [0.25, 0.3) is 11.1 Å². The van der Waals surface area contributed by atoms with E-state index in [1.165, 1.54) is 34.5 Å². The van der Waals surface area contributed by atoms with E-state index < -0.39 is 12.1 Å². The molecule has 1 aliphatic rings. The number of rotatable bonds is 6. The Kier molecular flexibility index (Phi) is 7.38. The summed E-state index contributed by atoms with van der Waals surface area (Å²) in [6.07, 6.45) is -0.212. The zero-order chi connectivity index (χ0) is 26.9. The van der Waals surface area contributed by atoms with E-state index in [0.29, 0.717) is 34.4 Å². The summed E-state index contributed by atoms with van der Waals surface area (Å²) in [5.74, 6) is -0.0630. The van der Waals surface area contributed by atoms with Gasteiger partial charge in [0.05, 0.1) is 34.0 Å². The van der Waals surface area contributed by atoms with Gasteiger partial charge in [-0.15, -0.1) is 0 Å². The zero-order valence-electron chi connectivity index (χ0n) is 21.8. The highest BCUT2D eigenvalue weighted by molar-refractivity contribution is 5.91. The zero-order valence-corrected chi connectivity index (χ0v) is 21.8. The van der Waals surface area contributed by atoms with Gasteiger partial charge >= 0.3 is 5.97 Å². The Labute approximate surface area is 216 Å².